The van der Waals surface area contributed by atoms with E-state index in [1.807, 2.05) is 13.0 Å². The van der Waals surface area contributed by atoms with E-state index in [1.54, 1.807) is 24.3 Å². The zero-order valence-corrected chi connectivity index (χ0v) is 14.0. The fourth-order valence-corrected chi connectivity index (χ4v) is 2.35. The highest BCUT2D eigenvalue weighted by Gasteiger charge is 2.14. The molecule has 0 saturated carbocycles. The first-order chi connectivity index (χ1) is 11.9. The number of rotatable bonds is 7. The molecule has 0 aliphatic heterocycles. The maximum Gasteiger partial charge on any atom is 0.335 e. The van der Waals surface area contributed by atoms with E-state index < -0.39 is 5.97 Å². The van der Waals surface area contributed by atoms with Gasteiger partial charge in [-0.15, -0.1) is 0 Å². The summed E-state index contributed by atoms with van der Waals surface area (Å²) in [4.78, 5) is 35.3. The maximum atomic E-state index is 12.3. The molecule has 0 radical (unpaired) electrons. The molecule has 2 N–H and O–H groups in total. The minimum Gasteiger partial charge on any atom is -0.496 e. The van der Waals surface area contributed by atoms with Crippen LogP contribution in [-0.4, -0.2) is 29.9 Å². The number of ketones is 1. The first-order valence-corrected chi connectivity index (χ1v) is 7.71. The third kappa shape index (κ3) is 4.91. The van der Waals surface area contributed by atoms with Gasteiger partial charge in [-0.3, -0.25) is 9.59 Å². The zero-order valence-electron chi connectivity index (χ0n) is 14.0. The van der Waals surface area contributed by atoms with Gasteiger partial charge in [0, 0.05) is 18.5 Å². The molecule has 25 heavy (non-hydrogen) atoms. The number of aryl methyl sites for hydroxylation is 1. The average molecular weight is 341 g/mol. The molecule has 6 heteroatoms. The first kappa shape index (κ1) is 18.2. The van der Waals surface area contributed by atoms with E-state index in [1.165, 1.54) is 19.2 Å². The minimum atomic E-state index is -1.07. The third-order valence-electron chi connectivity index (χ3n) is 3.63. The topological polar surface area (TPSA) is 92.7 Å². The van der Waals surface area contributed by atoms with Gasteiger partial charge in [-0.25, -0.2) is 4.79 Å². The summed E-state index contributed by atoms with van der Waals surface area (Å²) in [5.74, 6) is -1.14. The Morgan fingerprint density at radius 3 is 2.52 bits per heavy atom. The molecule has 0 atom stereocenters. The van der Waals surface area contributed by atoms with Crippen LogP contribution >= 0.6 is 0 Å². The molecule has 1 amide bonds. The van der Waals surface area contributed by atoms with Crippen LogP contribution in [0.5, 0.6) is 5.75 Å². The molecule has 0 saturated heterocycles. The Balaban J connectivity index is 1.98. The van der Waals surface area contributed by atoms with Crippen molar-refractivity contribution in [2.45, 2.75) is 19.8 Å². The second-order valence-corrected chi connectivity index (χ2v) is 5.56. The number of carboxylic acid groups (broad SMARTS) is 1. The Labute approximate surface area is 145 Å². The second kappa shape index (κ2) is 8.10. The second-order valence-electron chi connectivity index (χ2n) is 5.56. The van der Waals surface area contributed by atoms with Crippen molar-refractivity contribution in [2.24, 2.45) is 0 Å². The number of amides is 1. The van der Waals surface area contributed by atoms with Crippen LogP contribution in [0.15, 0.2) is 42.5 Å². The lowest BCUT2D eigenvalue weighted by Crippen LogP contribution is -2.14. The van der Waals surface area contributed by atoms with Crippen LogP contribution in [0.4, 0.5) is 5.69 Å². The Morgan fingerprint density at radius 1 is 1.08 bits per heavy atom. The average Bonchev–Trinajstić information content (AvgIpc) is 2.59. The van der Waals surface area contributed by atoms with Gasteiger partial charge >= 0.3 is 5.97 Å². The van der Waals surface area contributed by atoms with E-state index in [9.17, 15) is 14.4 Å². The van der Waals surface area contributed by atoms with E-state index >= 15 is 0 Å². The normalized spacial score (nSPS) is 10.2. The fourth-order valence-electron chi connectivity index (χ4n) is 2.35. The molecule has 0 bridgehead atoms. The highest BCUT2D eigenvalue weighted by atomic mass is 16.5. The summed E-state index contributed by atoms with van der Waals surface area (Å²) in [6.45, 7) is 1.87. The summed E-state index contributed by atoms with van der Waals surface area (Å²) < 4.78 is 5.18. The van der Waals surface area contributed by atoms with Gasteiger partial charge in [0.05, 0.1) is 18.2 Å². The lowest BCUT2D eigenvalue weighted by molar-refractivity contribution is -0.116. The van der Waals surface area contributed by atoms with Crippen molar-refractivity contribution in [3.63, 3.8) is 0 Å². The summed E-state index contributed by atoms with van der Waals surface area (Å²) in [5, 5.41) is 11.5. The van der Waals surface area contributed by atoms with Crippen molar-refractivity contribution < 1.29 is 24.2 Å². The summed E-state index contributed by atoms with van der Waals surface area (Å²) in [5.41, 5.74) is 1.84. The minimum absolute atomic E-state index is 0.00672. The monoisotopic (exact) mass is 341 g/mol. The zero-order chi connectivity index (χ0) is 18.4. The maximum absolute atomic E-state index is 12.3. The molecule has 0 unspecified atom stereocenters. The van der Waals surface area contributed by atoms with Gasteiger partial charge in [-0.1, -0.05) is 17.7 Å². The lowest BCUT2D eigenvalue weighted by atomic mass is 10.0. The van der Waals surface area contributed by atoms with E-state index in [0.29, 0.717) is 17.0 Å². The van der Waals surface area contributed by atoms with Crippen molar-refractivity contribution in [2.75, 3.05) is 12.4 Å². The largest absolute Gasteiger partial charge is 0.496 e. The van der Waals surface area contributed by atoms with Crippen LogP contribution in [0.3, 0.4) is 0 Å². The van der Waals surface area contributed by atoms with E-state index in [4.69, 9.17) is 9.84 Å². The molecule has 0 heterocycles. The molecule has 0 spiro atoms. The molecular formula is C19H19NO5. The molecule has 0 aliphatic carbocycles. The van der Waals surface area contributed by atoms with Gasteiger partial charge in [-0.05, 0) is 37.3 Å². The fraction of sp³-hybridized carbons (Fsp3) is 0.211. The number of nitrogens with one attached hydrogen (secondary N) is 1. The SMILES string of the molecule is COc1ccc(C)cc1C(=O)CCC(=O)Nc1cccc(C(=O)O)c1. The molecule has 0 aliphatic rings. The predicted molar refractivity (Wildman–Crippen MR) is 93.3 cm³/mol. The van der Waals surface area contributed by atoms with Gasteiger partial charge in [0.15, 0.2) is 5.78 Å². The van der Waals surface area contributed by atoms with Crippen LogP contribution in [-0.2, 0) is 4.79 Å². The van der Waals surface area contributed by atoms with Crippen LogP contribution < -0.4 is 10.1 Å². The van der Waals surface area contributed by atoms with Crippen LogP contribution in [0.1, 0.15) is 39.1 Å². The number of carboxylic acids is 1. The van der Waals surface area contributed by atoms with Gasteiger partial charge in [0.25, 0.3) is 0 Å². The number of Topliss-reactive ketones (excluding diaryl/α,β-unsaturated/α-hetero) is 1. The van der Waals surface area contributed by atoms with E-state index in [0.717, 1.165) is 5.56 Å². The van der Waals surface area contributed by atoms with E-state index in [2.05, 4.69) is 5.32 Å². The standard InChI is InChI=1S/C19H19NO5/c1-12-6-8-17(25-2)15(10-12)16(21)7-9-18(22)20-14-5-3-4-13(11-14)19(23)24/h3-6,8,10-11H,7,9H2,1-2H3,(H,20,22)(H,23,24). The molecule has 0 fully saturated rings. The predicted octanol–water partition coefficient (Wildman–Crippen LogP) is 3.30. The van der Waals surface area contributed by atoms with Crippen molar-refractivity contribution >= 4 is 23.3 Å². The summed E-state index contributed by atoms with van der Waals surface area (Å²) in [6.07, 6.45) is 0.0253. The number of benzene rings is 2. The van der Waals surface area contributed by atoms with Crippen LogP contribution in [0, 0.1) is 6.92 Å². The van der Waals surface area contributed by atoms with Crippen LogP contribution in [0.2, 0.25) is 0 Å². The molecule has 130 valence electrons. The van der Waals surface area contributed by atoms with Crippen LogP contribution in [0.25, 0.3) is 0 Å². The molecule has 2 rings (SSSR count). The number of carbonyl (C=O) groups is 3. The van der Waals surface area contributed by atoms with Gasteiger partial charge < -0.3 is 15.2 Å². The highest BCUT2D eigenvalue weighted by Crippen LogP contribution is 2.22. The van der Waals surface area contributed by atoms with E-state index in [-0.39, 0.29) is 30.1 Å². The van der Waals surface area contributed by atoms with Crippen molar-refractivity contribution in [1.29, 1.82) is 0 Å². The number of carbonyl (C=O) groups excluding carboxylic acids is 2. The molecule has 2 aromatic carbocycles. The Kier molecular flexibility index (Phi) is 5.89. The number of hydrogen-bond donors (Lipinski definition) is 2. The number of hydrogen-bond acceptors (Lipinski definition) is 4. The molecule has 2 aromatic rings. The van der Waals surface area contributed by atoms with Gasteiger partial charge in [0.2, 0.25) is 5.91 Å². The smallest absolute Gasteiger partial charge is 0.335 e. The Bertz CT molecular complexity index is 813. The molecule has 0 aromatic heterocycles. The van der Waals surface area contributed by atoms with Crippen molar-refractivity contribution in [3.8, 4) is 5.75 Å². The number of methoxy groups -OCH3 is 1. The Hall–Kier alpha value is -3.15. The van der Waals surface area contributed by atoms with Gasteiger partial charge in [-0.2, -0.15) is 0 Å². The first-order valence-electron chi connectivity index (χ1n) is 7.71. The summed E-state index contributed by atoms with van der Waals surface area (Å²) >= 11 is 0. The summed E-state index contributed by atoms with van der Waals surface area (Å²) in [7, 11) is 1.49. The molecular weight excluding hydrogens is 322 g/mol. The number of ether oxygens (including phenoxy) is 1. The lowest BCUT2D eigenvalue weighted by Gasteiger charge is -2.09. The molecule has 6 nitrogen and oxygen atoms in total. The third-order valence-corrected chi connectivity index (χ3v) is 3.63. The van der Waals surface area contributed by atoms with Gasteiger partial charge in [0.1, 0.15) is 5.75 Å². The highest BCUT2D eigenvalue weighted by molar-refractivity contribution is 6.02. The number of aromatic carboxylic acids is 1. The quantitative estimate of drug-likeness (QED) is 0.754. The number of anilines is 1. The van der Waals surface area contributed by atoms with Crippen molar-refractivity contribution in [1.82, 2.24) is 0 Å². The van der Waals surface area contributed by atoms with Crippen molar-refractivity contribution in [3.05, 3.63) is 59.2 Å². The Morgan fingerprint density at radius 2 is 1.84 bits per heavy atom. The summed E-state index contributed by atoms with van der Waals surface area (Å²) in [6, 6.07) is 11.2.